The topological polar surface area (TPSA) is 140 Å². The van der Waals surface area contributed by atoms with Crippen molar-refractivity contribution in [1.29, 1.82) is 0 Å². The van der Waals surface area contributed by atoms with Crippen LogP contribution in [-0.4, -0.2) is 21.8 Å². The second-order valence-corrected chi connectivity index (χ2v) is 10.3. The van der Waals surface area contributed by atoms with Crippen LogP contribution in [0.5, 0.6) is 17.2 Å². The lowest BCUT2D eigenvalue weighted by atomic mass is 9.82. The summed E-state index contributed by atoms with van der Waals surface area (Å²) in [5.74, 6) is 0.181. The van der Waals surface area contributed by atoms with Gasteiger partial charge in [-0.15, -0.1) is 0 Å². The first-order valence-corrected chi connectivity index (χ1v) is 13.4. The van der Waals surface area contributed by atoms with Gasteiger partial charge in [-0.2, -0.15) is 5.10 Å². The zero-order chi connectivity index (χ0) is 30.0. The highest BCUT2D eigenvalue weighted by Gasteiger charge is 2.38. The van der Waals surface area contributed by atoms with Gasteiger partial charge >= 0.3 is 16.9 Å². The standard InChI is InChI=1S/C32H23N3O8/c1-16-28(35(38)39)17(2)34(33-16)15-19-14-18(12-13-22(19)40-3)25-26-29(20-8-4-6-10-23(20)41-31(26)36)43-30-21-9-5-7-11-24(21)42-32(37)27(25)30/h4-14,25H,15H2,1-3H3. The molecule has 1 aliphatic rings. The Morgan fingerprint density at radius 1 is 0.907 bits per heavy atom. The van der Waals surface area contributed by atoms with Crippen LogP contribution in [0.2, 0.25) is 0 Å². The summed E-state index contributed by atoms with van der Waals surface area (Å²) in [5, 5.41) is 17.2. The number of ether oxygens (including phenoxy) is 2. The molecule has 0 N–H and O–H groups in total. The molecule has 0 unspecified atom stereocenters. The van der Waals surface area contributed by atoms with Crippen molar-refractivity contribution in [3.8, 4) is 17.2 Å². The number of nitro groups is 1. The highest BCUT2D eigenvalue weighted by Crippen LogP contribution is 2.49. The lowest BCUT2D eigenvalue weighted by molar-refractivity contribution is -0.386. The van der Waals surface area contributed by atoms with Gasteiger partial charge in [0, 0.05) is 5.56 Å². The van der Waals surface area contributed by atoms with Crippen LogP contribution >= 0.6 is 0 Å². The van der Waals surface area contributed by atoms with Gasteiger partial charge in [0.25, 0.3) is 0 Å². The predicted molar refractivity (Wildman–Crippen MR) is 156 cm³/mol. The maximum Gasteiger partial charge on any atom is 0.344 e. The average Bonchev–Trinajstić information content (AvgIpc) is 3.28. The van der Waals surface area contributed by atoms with Crippen LogP contribution in [0, 0.1) is 24.0 Å². The summed E-state index contributed by atoms with van der Waals surface area (Å²) in [6, 6.07) is 19.4. The summed E-state index contributed by atoms with van der Waals surface area (Å²) >= 11 is 0. The van der Waals surface area contributed by atoms with Crippen molar-refractivity contribution in [3.05, 3.63) is 131 Å². The minimum absolute atomic E-state index is 0.0589. The minimum atomic E-state index is -0.917. The highest BCUT2D eigenvalue weighted by atomic mass is 16.6. The van der Waals surface area contributed by atoms with E-state index < -0.39 is 22.1 Å². The Morgan fingerprint density at radius 3 is 2.02 bits per heavy atom. The molecule has 3 aromatic heterocycles. The quantitative estimate of drug-likeness (QED) is 0.138. The smallest absolute Gasteiger partial charge is 0.344 e. The second kappa shape index (κ2) is 9.69. The van der Waals surface area contributed by atoms with E-state index in [1.54, 1.807) is 68.4 Å². The Bertz CT molecular complexity index is 2150. The molecule has 4 heterocycles. The van der Waals surface area contributed by atoms with E-state index in [1.165, 1.54) is 11.8 Å². The van der Waals surface area contributed by atoms with Crippen LogP contribution < -0.4 is 20.7 Å². The SMILES string of the molecule is COc1ccc(C2c3c(c4ccccc4oc3=O)Oc3c2c(=O)oc2ccccc32)cc1Cn1nc(C)c([N+](=O)[O-])c1C. The fourth-order valence-electron chi connectivity index (χ4n) is 5.94. The molecule has 3 aromatic carbocycles. The van der Waals surface area contributed by atoms with Crippen molar-refractivity contribution in [1.82, 2.24) is 9.78 Å². The molecular weight excluding hydrogens is 554 g/mol. The lowest BCUT2D eigenvalue weighted by Gasteiger charge is -2.28. The molecule has 0 atom stereocenters. The molecule has 0 radical (unpaired) electrons. The third kappa shape index (κ3) is 4.00. The molecule has 1 aliphatic heterocycles. The van der Waals surface area contributed by atoms with E-state index in [9.17, 15) is 19.7 Å². The van der Waals surface area contributed by atoms with Crippen molar-refractivity contribution in [2.75, 3.05) is 7.11 Å². The van der Waals surface area contributed by atoms with Crippen molar-refractivity contribution in [3.63, 3.8) is 0 Å². The predicted octanol–water partition coefficient (Wildman–Crippen LogP) is 5.96. The number of para-hydroxylation sites is 2. The number of hydrogen-bond donors (Lipinski definition) is 0. The largest absolute Gasteiger partial charge is 0.496 e. The molecule has 0 amide bonds. The van der Waals surface area contributed by atoms with Crippen LogP contribution in [0.15, 0.2) is 85.2 Å². The monoisotopic (exact) mass is 577 g/mol. The van der Waals surface area contributed by atoms with E-state index in [1.807, 2.05) is 12.1 Å². The number of aromatic nitrogens is 2. The van der Waals surface area contributed by atoms with Crippen molar-refractivity contribution in [2.24, 2.45) is 0 Å². The molecular formula is C32H23N3O8. The molecule has 43 heavy (non-hydrogen) atoms. The molecule has 0 fully saturated rings. The molecule has 0 saturated carbocycles. The number of methoxy groups -OCH3 is 1. The number of hydrogen-bond acceptors (Lipinski definition) is 9. The van der Waals surface area contributed by atoms with Crippen molar-refractivity contribution >= 4 is 27.6 Å². The van der Waals surface area contributed by atoms with Crippen LogP contribution in [0.25, 0.3) is 21.9 Å². The Balaban J connectivity index is 1.50. The van der Waals surface area contributed by atoms with Gasteiger partial charge < -0.3 is 18.3 Å². The van der Waals surface area contributed by atoms with Gasteiger partial charge in [-0.3, -0.25) is 14.8 Å². The fourth-order valence-corrected chi connectivity index (χ4v) is 5.94. The molecule has 11 nitrogen and oxygen atoms in total. The summed E-state index contributed by atoms with van der Waals surface area (Å²) in [6.45, 7) is 3.35. The fraction of sp³-hybridized carbons (Fsp3) is 0.156. The van der Waals surface area contributed by atoms with Crippen LogP contribution in [0.1, 0.15) is 39.6 Å². The van der Waals surface area contributed by atoms with Gasteiger partial charge in [-0.05, 0) is 55.8 Å². The maximum absolute atomic E-state index is 13.6. The highest BCUT2D eigenvalue weighted by molar-refractivity contribution is 5.90. The number of benzene rings is 3. The Morgan fingerprint density at radius 2 is 1.49 bits per heavy atom. The number of rotatable bonds is 5. The Kier molecular flexibility index (Phi) is 5.91. The minimum Gasteiger partial charge on any atom is -0.496 e. The molecule has 0 saturated heterocycles. The number of nitrogens with zero attached hydrogens (tertiary/aromatic N) is 3. The van der Waals surface area contributed by atoms with Crippen molar-refractivity contribution < 1.29 is 23.2 Å². The third-order valence-corrected chi connectivity index (χ3v) is 7.86. The Labute approximate surface area is 242 Å². The van der Waals surface area contributed by atoms with Gasteiger partial charge in [-0.1, -0.05) is 30.3 Å². The molecule has 7 rings (SSSR count). The van der Waals surface area contributed by atoms with E-state index >= 15 is 0 Å². The molecule has 11 heteroatoms. The van der Waals surface area contributed by atoms with Crippen molar-refractivity contribution in [2.45, 2.75) is 26.3 Å². The molecule has 6 aromatic rings. The van der Waals surface area contributed by atoms with E-state index in [-0.39, 0.29) is 23.4 Å². The maximum atomic E-state index is 13.6. The van der Waals surface area contributed by atoms with Crippen LogP contribution in [-0.2, 0) is 6.54 Å². The van der Waals surface area contributed by atoms with Gasteiger partial charge in [0.2, 0.25) is 0 Å². The molecule has 214 valence electrons. The summed E-state index contributed by atoms with van der Waals surface area (Å²) in [7, 11) is 1.52. The van der Waals surface area contributed by atoms with E-state index in [0.29, 0.717) is 61.7 Å². The average molecular weight is 578 g/mol. The summed E-state index contributed by atoms with van der Waals surface area (Å²) in [6.07, 6.45) is 0. The van der Waals surface area contributed by atoms with Crippen LogP contribution in [0.4, 0.5) is 5.69 Å². The lowest BCUT2D eigenvalue weighted by Crippen LogP contribution is -2.26. The zero-order valence-electron chi connectivity index (χ0n) is 23.2. The van der Waals surface area contributed by atoms with Crippen LogP contribution in [0.3, 0.4) is 0 Å². The molecule has 0 aliphatic carbocycles. The normalized spacial score (nSPS) is 12.6. The summed E-state index contributed by atoms with van der Waals surface area (Å²) in [5.41, 5.74) is 1.54. The first kappa shape index (κ1) is 26.2. The molecule has 0 bridgehead atoms. The zero-order valence-corrected chi connectivity index (χ0v) is 23.2. The third-order valence-electron chi connectivity index (χ3n) is 7.86. The number of aryl methyl sites for hydroxylation is 1. The van der Waals surface area contributed by atoms with E-state index in [0.717, 1.165) is 0 Å². The van der Waals surface area contributed by atoms with Gasteiger partial charge in [0.15, 0.2) is 0 Å². The molecule has 0 spiro atoms. The Hall–Kier alpha value is -5.71. The van der Waals surface area contributed by atoms with Gasteiger partial charge in [0.05, 0.1) is 46.4 Å². The first-order valence-electron chi connectivity index (χ1n) is 13.4. The summed E-state index contributed by atoms with van der Waals surface area (Å²) in [4.78, 5) is 38.4. The van der Waals surface area contributed by atoms with E-state index in [4.69, 9.17) is 18.3 Å². The van der Waals surface area contributed by atoms with Gasteiger partial charge in [-0.25, -0.2) is 9.59 Å². The first-order chi connectivity index (χ1) is 20.8. The summed E-state index contributed by atoms with van der Waals surface area (Å²) < 4.78 is 25.0. The van der Waals surface area contributed by atoms with E-state index in [2.05, 4.69) is 5.10 Å². The second-order valence-electron chi connectivity index (χ2n) is 10.3. The number of fused-ring (bicyclic) bond motifs is 6. The van der Waals surface area contributed by atoms with Gasteiger partial charge in [0.1, 0.15) is 39.8 Å².